The lowest BCUT2D eigenvalue weighted by atomic mass is 10.1. The lowest BCUT2D eigenvalue weighted by molar-refractivity contribution is -0.131. The van der Waals surface area contributed by atoms with Crippen molar-refractivity contribution in [3.8, 4) is 23.7 Å². The monoisotopic (exact) mass is 362 g/mol. The lowest BCUT2D eigenvalue weighted by Gasteiger charge is -2.19. The van der Waals surface area contributed by atoms with Crippen molar-refractivity contribution in [3.05, 3.63) is 65.5 Å². The second kappa shape index (κ2) is 9.73. The molecular weight excluding hydrogens is 344 g/mol. The molecule has 0 aliphatic rings. The Morgan fingerprint density at radius 1 is 1.11 bits per heavy atom. The van der Waals surface area contributed by atoms with E-state index in [1.165, 1.54) is 5.48 Å². The number of hydrogen-bond donors (Lipinski definition) is 4. The van der Waals surface area contributed by atoms with E-state index in [4.69, 9.17) is 10.9 Å². The highest BCUT2D eigenvalue weighted by Gasteiger charge is 2.24. The lowest BCUT2D eigenvalue weighted by Crippen LogP contribution is -2.54. The molecule has 7 nitrogen and oxygen atoms in total. The molecule has 0 unspecified atom stereocenters. The highest BCUT2D eigenvalue weighted by molar-refractivity contribution is 5.97. The van der Waals surface area contributed by atoms with Gasteiger partial charge < -0.3 is 11.1 Å². The summed E-state index contributed by atoms with van der Waals surface area (Å²) in [5.74, 6) is 9.85. The van der Waals surface area contributed by atoms with Gasteiger partial charge in [0.1, 0.15) is 11.7 Å². The highest BCUT2D eigenvalue weighted by atomic mass is 16.5. The minimum absolute atomic E-state index is 0.330. The van der Waals surface area contributed by atoms with E-state index in [0.29, 0.717) is 16.8 Å². The molecule has 0 bridgehead atoms. The molecule has 0 fully saturated rings. The number of pyridine rings is 1. The first-order chi connectivity index (χ1) is 13.0. The number of amides is 2. The third-order valence-electron chi connectivity index (χ3n) is 3.48. The van der Waals surface area contributed by atoms with E-state index in [0.717, 1.165) is 0 Å². The average Bonchev–Trinajstić information content (AvgIpc) is 2.69. The first-order valence-corrected chi connectivity index (χ1v) is 8.05. The fraction of sp³-hybridized carbons (Fsp3) is 0.150. The van der Waals surface area contributed by atoms with E-state index in [-0.39, 0.29) is 0 Å². The summed E-state index contributed by atoms with van der Waals surface area (Å²) in [5, 5.41) is 11.2. The van der Waals surface area contributed by atoms with E-state index in [2.05, 4.69) is 34.0 Å². The van der Waals surface area contributed by atoms with Gasteiger partial charge in [-0.25, -0.2) is 10.5 Å². The fourth-order valence-corrected chi connectivity index (χ4v) is 2.07. The van der Waals surface area contributed by atoms with E-state index in [9.17, 15) is 9.59 Å². The van der Waals surface area contributed by atoms with Crippen LogP contribution >= 0.6 is 0 Å². The van der Waals surface area contributed by atoms with E-state index in [1.807, 2.05) is 6.07 Å². The number of hydroxylamine groups is 1. The average molecular weight is 362 g/mol. The molecule has 136 valence electrons. The number of hydrogen-bond acceptors (Lipinski definition) is 5. The van der Waals surface area contributed by atoms with Gasteiger partial charge in [-0.2, -0.15) is 0 Å². The normalized spacial score (nSPS) is 11.7. The van der Waals surface area contributed by atoms with Crippen LogP contribution in [0.15, 0.2) is 48.7 Å². The molecule has 2 aromatic rings. The van der Waals surface area contributed by atoms with Crippen molar-refractivity contribution in [2.75, 3.05) is 0 Å². The van der Waals surface area contributed by atoms with Crippen molar-refractivity contribution < 1.29 is 14.8 Å². The third-order valence-corrected chi connectivity index (χ3v) is 3.48. The van der Waals surface area contributed by atoms with Gasteiger partial charge in [0.15, 0.2) is 0 Å². The molecular formula is C20H18N4O3. The molecule has 0 saturated carbocycles. The van der Waals surface area contributed by atoms with Crippen LogP contribution in [-0.4, -0.2) is 34.1 Å². The van der Waals surface area contributed by atoms with Crippen molar-refractivity contribution in [1.82, 2.24) is 15.8 Å². The molecule has 0 aliphatic heterocycles. The van der Waals surface area contributed by atoms with Crippen LogP contribution in [0.3, 0.4) is 0 Å². The zero-order valence-corrected chi connectivity index (χ0v) is 14.6. The quantitative estimate of drug-likeness (QED) is 0.358. The summed E-state index contributed by atoms with van der Waals surface area (Å²) in [6, 6.07) is 10.2. The summed E-state index contributed by atoms with van der Waals surface area (Å²) in [4.78, 5) is 27.8. The first kappa shape index (κ1) is 19.7. The van der Waals surface area contributed by atoms with E-state index >= 15 is 0 Å². The van der Waals surface area contributed by atoms with Crippen molar-refractivity contribution in [2.24, 2.45) is 5.73 Å². The molecule has 0 spiro atoms. The molecule has 5 N–H and O–H groups in total. The minimum atomic E-state index is -1.05. The van der Waals surface area contributed by atoms with Crippen molar-refractivity contribution in [3.63, 3.8) is 0 Å². The van der Waals surface area contributed by atoms with Crippen LogP contribution in [0.25, 0.3) is 0 Å². The summed E-state index contributed by atoms with van der Waals surface area (Å²) in [5.41, 5.74) is 8.78. The number of rotatable bonds is 4. The Labute approximate surface area is 157 Å². The Morgan fingerprint density at radius 2 is 1.81 bits per heavy atom. The van der Waals surface area contributed by atoms with Crippen LogP contribution in [0.4, 0.5) is 0 Å². The van der Waals surface area contributed by atoms with Crippen LogP contribution in [-0.2, 0) is 4.79 Å². The molecule has 27 heavy (non-hydrogen) atoms. The number of carbonyl (C=O) groups is 2. The van der Waals surface area contributed by atoms with Gasteiger partial charge in [0.2, 0.25) is 0 Å². The van der Waals surface area contributed by atoms with Gasteiger partial charge in [-0.3, -0.25) is 14.8 Å². The molecule has 1 heterocycles. The molecule has 2 amide bonds. The van der Waals surface area contributed by atoms with Crippen molar-refractivity contribution in [2.45, 2.75) is 19.0 Å². The number of benzene rings is 1. The molecule has 7 heteroatoms. The van der Waals surface area contributed by atoms with Crippen molar-refractivity contribution >= 4 is 11.8 Å². The van der Waals surface area contributed by atoms with E-state index in [1.54, 1.807) is 49.5 Å². The standard InChI is InChI=1S/C20H18N4O3/c1-14(21)18(20(26)24-27)23-19(25)16-11-9-15(10-12-16)6-2-3-7-17-8-4-5-13-22-17/h4-5,8-14,18,27H,21H2,1H3,(H,23,25)(H,24,26)/t14-,18+/m1/s1. The van der Waals surface area contributed by atoms with Gasteiger partial charge in [0.25, 0.3) is 11.8 Å². The summed E-state index contributed by atoms with van der Waals surface area (Å²) in [6.45, 7) is 1.55. The molecule has 1 aromatic heterocycles. The summed E-state index contributed by atoms with van der Waals surface area (Å²) in [7, 11) is 0. The molecule has 0 radical (unpaired) electrons. The number of aromatic nitrogens is 1. The third kappa shape index (κ3) is 5.98. The van der Waals surface area contributed by atoms with Crippen LogP contribution in [0.5, 0.6) is 0 Å². The maximum absolute atomic E-state index is 12.2. The summed E-state index contributed by atoms with van der Waals surface area (Å²) < 4.78 is 0. The van der Waals surface area contributed by atoms with Crippen LogP contribution < -0.4 is 16.5 Å². The van der Waals surface area contributed by atoms with Crippen molar-refractivity contribution in [1.29, 1.82) is 0 Å². The predicted molar refractivity (Wildman–Crippen MR) is 99.3 cm³/mol. The Balaban J connectivity index is 2.03. The predicted octanol–water partition coefficient (Wildman–Crippen LogP) is 0.436. The second-order valence-corrected chi connectivity index (χ2v) is 5.58. The van der Waals surface area contributed by atoms with Gasteiger partial charge in [0.05, 0.1) is 0 Å². The first-order valence-electron chi connectivity index (χ1n) is 8.05. The number of carbonyl (C=O) groups excluding carboxylic acids is 2. The molecule has 1 aromatic carbocycles. The molecule has 0 saturated heterocycles. The zero-order valence-electron chi connectivity index (χ0n) is 14.6. The van der Waals surface area contributed by atoms with E-state index < -0.39 is 23.9 Å². The summed E-state index contributed by atoms with van der Waals surface area (Å²) >= 11 is 0. The number of nitrogens with two attached hydrogens (primary N) is 1. The van der Waals surface area contributed by atoms with Gasteiger partial charge in [-0.05, 0) is 61.1 Å². The maximum atomic E-state index is 12.2. The van der Waals surface area contributed by atoms with Gasteiger partial charge in [-0.1, -0.05) is 12.0 Å². The fourth-order valence-electron chi connectivity index (χ4n) is 2.07. The van der Waals surface area contributed by atoms with Crippen LogP contribution in [0.2, 0.25) is 0 Å². The second-order valence-electron chi connectivity index (χ2n) is 5.58. The smallest absolute Gasteiger partial charge is 0.267 e. The largest absolute Gasteiger partial charge is 0.339 e. The van der Waals surface area contributed by atoms with Gasteiger partial charge >= 0.3 is 0 Å². The number of nitrogens with zero attached hydrogens (tertiary/aromatic N) is 1. The highest BCUT2D eigenvalue weighted by Crippen LogP contribution is 2.04. The Morgan fingerprint density at radius 3 is 2.41 bits per heavy atom. The molecule has 2 rings (SSSR count). The molecule has 0 aliphatic carbocycles. The van der Waals surface area contributed by atoms with Gasteiger partial charge in [0, 0.05) is 23.4 Å². The number of nitrogens with one attached hydrogen (secondary N) is 2. The Hall–Kier alpha value is -3.65. The topological polar surface area (TPSA) is 117 Å². The maximum Gasteiger partial charge on any atom is 0.267 e. The Kier molecular flexibility index (Phi) is 7.09. The van der Waals surface area contributed by atoms with Crippen LogP contribution in [0, 0.1) is 23.7 Å². The minimum Gasteiger partial charge on any atom is -0.339 e. The summed E-state index contributed by atoms with van der Waals surface area (Å²) in [6.07, 6.45) is 1.65. The molecule has 2 atom stereocenters. The van der Waals surface area contributed by atoms with Gasteiger partial charge in [-0.15, -0.1) is 0 Å². The van der Waals surface area contributed by atoms with Crippen LogP contribution in [0.1, 0.15) is 28.5 Å². The SMILES string of the molecule is C[C@@H](N)[C@H](NC(=O)c1ccc(C#CC#Cc2ccccn2)cc1)C(=O)NO. The zero-order chi connectivity index (χ0) is 19.6. The Bertz CT molecular complexity index is 917.